The van der Waals surface area contributed by atoms with Crippen molar-refractivity contribution in [3.8, 4) is 0 Å². The molecule has 0 bridgehead atoms. The zero-order valence-corrected chi connectivity index (χ0v) is 11.8. The Kier molecular flexibility index (Phi) is 12.8. The molecule has 0 rings (SSSR count). The van der Waals surface area contributed by atoms with Gasteiger partial charge in [0.15, 0.2) is 0 Å². The van der Waals surface area contributed by atoms with Gasteiger partial charge in [0.25, 0.3) is 0 Å². The van der Waals surface area contributed by atoms with Gasteiger partial charge in [0.2, 0.25) is 0 Å². The maximum absolute atomic E-state index is 5.20. The van der Waals surface area contributed by atoms with Crippen LogP contribution in [0.25, 0.3) is 0 Å². The average molecular weight is 322 g/mol. The minimum Gasteiger partial charge on any atom is -0.741 e. The van der Waals surface area contributed by atoms with Crippen molar-refractivity contribution in [1.82, 2.24) is 0 Å². The van der Waals surface area contributed by atoms with Crippen LogP contribution < -0.4 is 11.5 Å². The van der Waals surface area contributed by atoms with E-state index in [1.165, 1.54) is 6.21 Å². The van der Waals surface area contributed by atoms with Crippen LogP contribution in [0.15, 0.2) is 20.4 Å². The van der Waals surface area contributed by atoms with E-state index >= 15 is 0 Å². The number of nitrogens with zero attached hydrogens (tertiary/aromatic N) is 4. The largest absolute Gasteiger partial charge is 2.00 e. The summed E-state index contributed by atoms with van der Waals surface area (Å²) in [6, 6.07) is 0. The molecule has 0 fully saturated rings. The van der Waals surface area contributed by atoms with Gasteiger partial charge in [0.05, 0.1) is 11.9 Å². The summed E-state index contributed by atoms with van der Waals surface area (Å²) >= 11 is 9.11. The van der Waals surface area contributed by atoms with Crippen LogP contribution in [0.2, 0.25) is 0 Å². The first-order valence-corrected chi connectivity index (χ1v) is 5.48. The third kappa shape index (κ3) is 13.2. The zero-order valence-electron chi connectivity index (χ0n) is 9.26. The van der Waals surface area contributed by atoms with Gasteiger partial charge in [-0.3, -0.25) is 0 Å². The molecule has 9 heteroatoms. The third-order valence-corrected chi connectivity index (χ3v) is 1.59. The van der Waals surface area contributed by atoms with E-state index < -0.39 is 0 Å². The van der Waals surface area contributed by atoms with Crippen LogP contribution in [-0.2, 0) is 42.3 Å². The van der Waals surface area contributed by atoms with Crippen LogP contribution in [-0.4, -0.2) is 22.3 Å². The first kappa shape index (κ1) is 18.6. The van der Waals surface area contributed by atoms with Gasteiger partial charge in [0, 0.05) is 0 Å². The van der Waals surface area contributed by atoms with Crippen molar-refractivity contribution in [3.05, 3.63) is 0 Å². The minimum absolute atomic E-state index is 0. The molecular formula is C8H14CuN6S2. The Bertz CT molecular complexity index is 318. The first-order valence-electron chi connectivity index (χ1n) is 4.66. The molecule has 0 amide bonds. The number of hydrogen-bond donors (Lipinski definition) is 2. The average Bonchev–Trinajstić information content (AvgIpc) is 2.20. The number of hydrogen-bond acceptors (Lipinski definition) is 6. The molecule has 99 valence electrons. The van der Waals surface area contributed by atoms with E-state index in [1.54, 1.807) is 0 Å². The van der Waals surface area contributed by atoms with Crippen LogP contribution >= 0.6 is 0 Å². The maximum Gasteiger partial charge on any atom is 2.00 e. The molecule has 0 aliphatic heterocycles. The van der Waals surface area contributed by atoms with E-state index in [2.05, 4.69) is 52.6 Å². The smallest absolute Gasteiger partial charge is 0.741 e. The summed E-state index contributed by atoms with van der Waals surface area (Å²) in [5.41, 5.74) is 11.0. The molecule has 0 aromatic carbocycles. The van der Waals surface area contributed by atoms with Crippen molar-refractivity contribution in [2.24, 2.45) is 31.9 Å². The number of unbranched alkanes of at least 4 members (excludes halogenated alkanes) is 1. The monoisotopic (exact) mass is 321 g/mol. The van der Waals surface area contributed by atoms with E-state index in [4.69, 9.17) is 11.5 Å². The number of rotatable bonds is 6. The molecule has 0 aromatic rings. The summed E-state index contributed by atoms with van der Waals surface area (Å²) in [6.45, 7) is 2.07. The normalized spacial score (nSPS) is 13.8. The van der Waals surface area contributed by atoms with Gasteiger partial charge in [0.1, 0.15) is 0 Å². The van der Waals surface area contributed by atoms with Crippen molar-refractivity contribution >= 4 is 47.5 Å². The molecule has 0 saturated heterocycles. The fourth-order valence-electron chi connectivity index (χ4n) is 0.764. The molecule has 0 spiro atoms. The van der Waals surface area contributed by atoms with Gasteiger partial charge in [-0.2, -0.15) is 20.4 Å². The zero-order chi connectivity index (χ0) is 12.4. The summed E-state index contributed by atoms with van der Waals surface area (Å²) in [6.07, 6.45) is 4.16. The molecule has 0 aliphatic rings. The molecule has 0 aliphatic carbocycles. The van der Waals surface area contributed by atoms with Crippen LogP contribution in [0.1, 0.15) is 26.2 Å². The fraction of sp³-hybridized carbons (Fsp3) is 0.500. The molecule has 0 heterocycles. The molecular weight excluding hydrogens is 308 g/mol. The summed E-state index contributed by atoms with van der Waals surface area (Å²) in [5.74, 6) is 0. The summed E-state index contributed by atoms with van der Waals surface area (Å²) < 4.78 is 0. The van der Waals surface area contributed by atoms with Crippen molar-refractivity contribution in [1.29, 1.82) is 0 Å². The van der Waals surface area contributed by atoms with Crippen molar-refractivity contribution in [2.75, 3.05) is 0 Å². The van der Waals surface area contributed by atoms with Crippen molar-refractivity contribution in [2.45, 2.75) is 26.2 Å². The van der Waals surface area contributed by atoms with Gasteiger partial charge in [-0.1, -0.05) is 13.3 Å². The molecule has 4 N–H and O–H groups in total. The Morgan fingerprint density at radius 3 is 2.18 bits per heavy atom. The predicted octanol–water partition coefficient (Wildman–Crippen LogP) is 0.239. The topological polar surface area (TPSA) is 101 Å². The quantitative estimate of drug-likeness (QED) is 0.240. The molecule has 0 aromatic heterocycles. The van der Waals surface area contributed by atoms with Crippen LogP contribution in [0.3, 0.4) is 0 Å². The Morgan fingerprint density at radius 1 is 1.12 bits per heavy atom. The van der Waals surface area contributed by atoms with Crippen molar-refractivity contribution in [3.63, 3.8) is 0 Å². The second-order valence-electron chi connectivity index (χ2n) is 2.82. The second-order valence-corrected chi connectivity index (χ2v) is 3.65. The van der Waals surface area contributed by atoms with E-state index in [-0.39, 0.29) is 27.4 Å². The fourth-order valence-corrected chi connectivity index (χ4v) is 0.852. The summed E-state index contributed by atoms with van der Waals surface area (Å²) in [5, 5.41) is 14.5. The second kappa shape index (κ2) is 11.7. The Morgan fingerprint density at radius 2 is 1.71 bits per heavy atom. The molecule has 0 atom stereocenters. The summed E-state index contributed by atoms with van der Waals surface area (Å²) in [7, 11) is 0. The Labute approximate surface area is 122 Å². The van der Waals surface area contributed by atoms with Crippen LogP contribution in [0, 0.1) is 0 Å². The maximum atomic E-state index is 5.20. The van der Waals surface area contributed by atoms with Gasteiger partial charge in [-0.25, -0.2) is 0 Å². The molecule has 1 radical (unpaired) electrons. The summed E-state index contributed by atoms with van der Waals surface area (Å²) in [4.78, 5) is 0. The third-order valence-electron chi connectivity index (χ3n) is 1.43. The van der Waals surface area contributed by atoms with Gasteiger partial charge >= 0.3 is 17.1 Å². The minimum atomic E-state index is -0.0302. The van der Waals surface area contributed by atoms with Crippen LogP contribution in [0.4, 0.5) is 0 Å². The standard InChI is InChI=1S/C8H16N6S2.Cu/c1-2-3-4-6(12-14-8(10)16)5-11-13-7(9)15;/h5H,2-4H2,1H3,(H3,9,13,15)(H3,10,14,16);/q;+2/p-2/b11-5-,12-6-;. The molecule has 0 unspecified atom stereocenters. The van der Waals surface area contributed by atoms with Gasteiger partial charge in [-0.15, -0.1) is 0 Å². The SMILES string of the molecule is CCCCC(/C=N\N=C(\N)[S-])=N/N=C(/N)[S-].[Cu+2]. The number of amidine groups is 2. The molecule has 6 nitrogen and oxygen atoms in total. The molecule has 0 saturated carbocycles. The van der Waals surface area contributed by atoms with E-state index in [9.17, 15) is 0 Å². The van der Waals surface area contributed by atoms with E-state index in [0.29, 0.717) is 5.71 Å². The first-order chi connectivity index (χ1) is 7.56. The van der Waals surface area contributed by atoms with Gasteiger partial charge in [-0.05, 0) is 23.2 Å². The number of nitrogens with two attached hydrogens (primary N) is 2. The van der Waals surface area contributed by atoms with Crippen LogP contribution in [0.5, 0.6) is 0 Å². The Hall–Kier alpha value is -0.761. The molecule has 17 heavy (non-hydrogen) atoms. The predicted molar refractivity (Wildman–Crippen MR) is 73.4 cm³/mol. The van der Waals surface area contributed by atoms with Gasteiger partial charge < -0.3 is 36.7 Å². The van der Waals surface area contributed by atoms with E-state index in [0.717, 1.165) is 19.3 Å². The van der Waals surface area contributed by atoms with E-state index in [1.807, 2.05) is 0 Å². The Balaban J connectivity index is 0. The van der Waals surface area contributed by atoms with Crippen molar-refractivity contribution < 1.29 is 17.1 Å².